The fourth-order valence-electron chi connectivity index (χ4n) is 3.30. The van der Waals surface area contributed by atoms with Crippen molar-refractivity contribution in [1.29, 1.82) is 0 Å². The largest absolute Gasteiger partial charge is 0.497 e. The lowest BCUT2D eigenvalue weighted by Crippen LogP contribution is -2.28. The molecule has 4 rings (SSSR count). The molecule has 1 saturated heterocycles. The van der Waals surface area contributed by atoms with E-state index in [1.165, 1.54) is 11.8 Å². The molecule has 1 aliphatic rings. The molecule has 0 saturated carbocycles. The molecule has 0 aromatic heterocycles. The number of carbonyl (C=O) groups is 1. The van der Waals surface area contributed by atoms with E-state index in [9.17, 15) is 4.79 Å². The quantitative estimate of drug-likeness (QED) is 0.314. The van der Waals surface area contributed by atoms with E-state index < -0.39 is 0 Å². The molecule has 0 unspecified atom stereocenters. The van der Waals surface area contributed by atoms with Crippen LogP contribution in [0.15, 0.2) is 76.6 Å². The molecule has 1 amide bonds. The van der Waals surface area contributed by atoms with E-state index in [4.69, 9.17) is 32.7 Å². The highest BCUT2D eigenvalue weighted by Crippen LogP contribution is 2.36. The maximum atomic E-state index is 13.1. The topological polar surface area (TPSA) is 51.1 Å². The number of methoxy groups -OCH3 is 1. The minimum absolute atomic E-state index is 0.0877. The van der Waals surface area contributed by atoms with Gasteiger partial charge in [0.25, 0.3) is 5.91 Å². The smallest absolute Gasteiger partial charge is 0.266 e. The van der Waals surface area contributed by atoms with Gasteiger partial charge in [-0.05, 0) is 67.2 Å². The van der Waals surface area contributed by atoms with Gasteiger partial charge < -0.3 is 9.47 Å². The fourth-order valence-corrected chi connectivity index (χ4v) is 4.82. The Hall–Kier alpha value is -2.93. The molecule has 0 aliphatic carbocycles. The van der Waals surface area contributed by atoms with Crippen molar-refractivity contribution in [2.75, 3.05) is 13.7 Å². The Bertz CT molecular complexity index is 1260. The molecule has 1 heterocycles. The zero-order valence-corrected chi connectivity index (χ0v) is 21.0. The summed E-state index contributed by atoms with van der Waals surface area (Å²) in [5.41, 5.74) is 2.37. The van der Waals surface area contributed by atoms with Crippen molar-refractivity contribution in [3.8, 4) is 11.5 Å². The van der Waals surface area contributed by atoms with Crippen LogP contribution in [-0.4, -0.2) is 29.6 Å². The number of rotatable bonds is 7. The Kier molecular flexibility index (Phi) is 7.83. The van der Waals surface area contributed by atoms with Gasteiger partial charge in [-0.15, -0.1) is 0 Å². The lowest BCUT2D eigenvalue weighted by Gasteiger charge is -2.12. The number of ether oxygens (including phenoxy) is 2. The monoisotopic (exact) mass is 512 g/mol. The van der Waals surface area contributed by atoms with Gasteiger partial charge in [0.1, 0.15) is 18.1 Å². The van der Waals surface area contributed by atoms with Crippen LogP contribution in [0.4, 0.5) is 5.69 Å². The Morgan fingerprint density at radius 2 is 1.82 bits per heavy atom. The van der Waals surface area contributed by atoms with Gasteiger partial charge in [-0.25, -0.2) is 4.99 Å². The SMILES string of the molecule is CCN1C(=O)/C(=C\c2ccccc2OCc2ccc(Cl)cc2Cl)SC1=Nc1ccc(OC)cc1. The van der Waals surface area contributed by atoms with Crippen LogP contribution in [0.25, 0.3) is 6.08 Å². The van der Waals surface area contributed by atoms with E-state index in [1.54, 1.807) is 24.1 Å². The molecule has 1 aliphatic heterocycles. The number of hydrogen-bond acceptors (Lipinski definition) is 5. The molecule has 34 heavy (non-hydrogen) atoms. The molecule has 0 radical (unpaired) electrons. The highest BCUT2D eigenvalue weighted by atomic mass is 35.5. The second-order valence-corrected chi connectivity index (χ2v) is 9.17. The molecule has 0 bridgehead atoms. The predicted molar refractivity (Wildman–Crippen MR) is 140 cm³/mol. The summed E-state index contributed by atoms with van der Waals surface area (Å²) in [4.78, 5) is 20.0. The van der Waals surface area contributed by atoms with E-state index in [0.717, 1.165) is 22.6 Å². The molecular formula is C26H22Cl2N2O3S. The van der Waals surface area contributed by atoms with Crippen LogP contribution in [0.3, 0.4) is 0 Å². The van der Waals surface area contributed by atoms with Gasteiger partial charge in [0.05, 0.1) is 17.7 Å². The summed E-state index contributed by atoms with van der Waals surface area (Å²) in [7, 11) is 1.62. The number of likely N-dealkylation sites (N-methyl/N-ethyl adjacent to an activating group) is 1. The average Bonchev–Trinajstić information content (AvgIpc) is 3.13. The maximum absolute atomic E-state index is 13.1. The minimum atomic E-state index is -0.0877. The number of amides is 1. The first-order valence-corrected chi connectivity index (χ1v) is 12.2. The van der Waals surface area contributed by atoms with E-state index in [1.807, 2.05) is 67.6 Å². The van der Waals surface area contributed by atoms with Crippen molar-refractivity contribution in [3.05, 3.63) is 92.8 Å². The number of carbonyl (C=O) groups excluding carboxylic acids is 1. The second kappa shape index (κ2) is 11.0. The summed E-state index contributed by atoms with van der Waals surface area (Å²) in [5, 5.41) is 1.75. The average molecular weight is 513 g/mol. The standard InChI is InChI=1S/C26H22Cl2N2O3S/c1-3-30-25(31)24(34-26(30)29-20-10-12-21(32-2)13-11-20)14-17-6-4-5-7-23(17)33-16-18-8-9-19(27)15-22(18)28/h4-15H,3,16H2,1-2H3/b24-14+,29-26?. The first-order chi connectivity index (χ1) is 16.5. The number of thioether (sulfide) groups is 1. The van der Waals surface area contributed by atoms with Crippen molar-refractivity contribution in [3.63, 3.8) is 0 Å². The summed E-state index contributed by atoms with van der Waals surface area (Å²) in [6.07, 6.45) is 1.84. The van der Waals surface area contributed by atoms with Crippen molar-refractivity contribution in [2.45, 2.75) is 13.5 Å². The second-order valence-electron chi connectivity index (χ2n) is 7.31. The first kappa shape index (κ1) is 24.2. The highest BCUT2D eigenvalue weighted by Gasteiger charge is 2.32. The van der Waals surface area contributed by atoms with Gasteiger partial charge in [0.2, 0.25) is 0 Å². The minimum Gasteiger partial charge on any atom is -0.497 e. The highest BCUT2D eigenvalue weighted by molar-refractivity contribution is 8.18. The molecule has 5 nitrogen and oxygen atoms in total. The summed E-state index contributed by atoms with van der Waals surface area (Å²) < 4.78 is 11.2. The van der Waals surface area contributed by atoms with Crippen LogP contribution in [0.1, 0.15) is 18.1 Å². The third kappa shape index (κ3) is 5.58. The molecule has 8 heteroatoms. The van der Waals surface area contributed by atoms with Gasteiger partial charge in [0, 0.05) is 27.7 Å². The Morgan fingerprint density at radius 1 is 1.06 bits per heavy atom. The van der Waals surface area contributed by atoms with Crippen LogP contribution in [0.5, 0.6) is 11.5 Å². The van der Waals surface area contributed by atoms with E-state index >= 15 is 0 Å². The molecule has 0 atom stereocenters. The summed E-state index contributed by atoms with van der Waals surface area (Å²) in [6.45, 7) is 2.73. The summed E-state index contributed by atoms with van der Waals surface area (Å²) in [5.74, 6) is 1.32. The molecule has 0 N–H and O–H groups in total. The lowest BCUT2D eigenvalue weighted by molar-refractivity contribution is -0.122. The van der Waals surface area contributed by atoms with Crippen LogP contribution >= 0.6 is 35.0 Å². The Morgan fingerprint density at radius 3 is 2.53 bits per heavy atom. The number of amidine groups is 1. The normalized spacial score (nSPS) is 15.9. The van der Waals surface area contributed by atoms with E-state index in [2.05, 4.69) is 4.99 Å². The molecule has 174 valence electrons. The number of hydrogen-bond donors (Lipinski definition) is 0. The Balaban J connectivity index is 1.57. The number of aliphatic imine (C=N–C) groups is 1. The van der Waals surface area contributed by atoms with Crippen LogP contribution in [0, 0.1) is 0 Å². The zero-order valence-electron chi connectivity index (χ0n) is 18.6. The van der Waals surface area contributed by atoms with Crippen molar-refractivity contribution in [2.24, 2.45) is 4.99 Å². The molecule has 3 aromatic rings. The summed E-state index contributed by atoms with van der Waals surface area (Å²) in [6, 6.07) is 20.3. The van der Waals surface area contributed by atoms with E-state index in [0.29, 0.717) is 32.4 Å². The summed E-state index contributed by atoms with van der Waals surface area (Å²) >= 11 is 13.6. The van der Waals surface area contributed by atoms with Gasteiger partial charge in [0.15, 0.2) is 5.17 Å². The van der Waals surface area contributed by atoms with Gasteiger partial charge >= 0.3 is 0 Å². The van der Waals surface area contributed by atoms with Crippen molar-refractivity contribution >= 4 is 57.8 Å². The molecule has 3 aromatic carbocycles. The molecule has 1 fully saturated rings. The number of benzene rings is 3. The predicted octanol–water partition coefficient (Wildman–Crippen LogP) is 7.20. The van der Waals surface area contributed by atoms with Crippen LogP contribution in [0.2, 0.25) is 10.0 Å². The number of nitrogens with zero attached hydrogens (tertiary/aromatic N) is 2. The van der Waals surface area contributed by atoms with Crippen molar-refractivity contribution < 1.29 is 14.3 Å². The van der Waals surface area contributed by atoms with Gasteiger partial charge in [-0.2, -0.15) is 0 Å². The van der Waals surface area contributed by atoms with Crippen molar-refractivity contribution in [1.82, 2.24) is 4.90 Å². The number of para-hydroxylation sites is 1. The third-order valence-corrected chi connectivity index (χ3v) is 6.70. The van der Waals surface area contributed by atoms with Crippen LogP contribution < -0.4 is 9.47 Å². The van der Waals surface area contributed by atoms with Gasteiger partial charge in [-0.3, -0.25) is 9.69 Å². The molecular weight excluding hydrogens is 491 g/mol. The van der Waals surface area contributed by atoms with Gasteiger partial charge in [-0.1, -0.05) is 47.5 Å². The fraction of sp³-hybridized carbons (Fsp3) is 0.154. The van der Waals surface area contributed by atoms with Crippen LogP contribution in [-0.2, 0) is 11.4 Å². The molecule has 0 spiro atoms. The number of halogens is 2. The lowest BCUT2D eigenvalue weighted by atomic mass is 10.1. The van der Waals surface area contributed by atoms with E-state index in [-0.39, 0.29) is 12.5 Å². The zero-order chi connectivity index (χ0) is 24.1. The maximum Gasteiger partial charge on any atom is 0.266 e. The first-order valence-electron chi connectivity index (χ1n) is 10.6. The third-order valence-electron chi connectivity index (χ3n) is 5.11. The Labute approximate surface area is 213 Å².